The minimum absolute atomic E-state index is 0.0614. The zero-order valence-corrected chi connectivity index (χ0v) is 12.0. The van der Waals surface area contributed by atoms with Crippen LogP contribution in [0.5, 0.6) is 0 Å². The molecule has 1 rings (SSSR count). The van der Waals surface area contributed by atoms with Crippen molar-refractivity contribution in [2.75, 3.05) is 20.1 Å². The first kappa shape index (κ1) is 16.5. The van der Waals surface area contributed by atoms with E-state index in [1.807, 2.05) is 6.92 Å². The highest BCUT2D eigenvalue weighted by Gasteiger charge is 2.08. The number of carbonyl (C=O) groups is 3. The van der Waals surface area contributed by atoms with Gasteiger partial charge in [-0.15, -0.1) is 0 Å². The van der Waals surface area contributed by atoms with Crippen molar-refractivity contribution in [3.05, 3.63) is 35.4 Å². The Morgan fingerprint density at radius 1 is 1.14 bits per heavy atom. The minimum atomic E-state index is -0.995. The van der Waals surface area contributed by atoms with Gasteiger partial charge in [0.25, 0.3) is 0 Å². The van der Waals surface area contributed by atoms with Crippen molar-refractivity contribution in [1.29, 1.82) is 0 Å². The maximum absolute atomic E-state index is 11.5. The minimum Gasteiger partial charge on any atom is -0.478 e. The summed E-state index contributed by atoms with van der Waals surface area (Å²) in [6, 6.07) is 5.74. The lowest BCUT2D eigenvalue weighted by atomic mass is 10.1. The van der Waals surface area contributed by atoms with E-state index in [9.17, 15) is 14.4 Å². The molecule has 0 aliphatic rings. The SMILES string of the molecule is CCN(C)C(=O)CNC(=O)NCc1ccc(C(=O)O)cc1. The van der Waals surface area contributed by atoms with Crippen molar-refractivity contribution in [1.82, 2.24) is 15.5 Å². The fourth-order valence-electron chi connectivity index (χ4n) is 1.48. The maximum Gasteiger partial charge on any atom is 0.335 e. The van der Waals surface area contributed by atoms with E-state index in [1.54, 1.807) is 19.2 Å². The van der Waals surface area contributed by atoms with Gasteiger partial charge < -0.3 is 20.6 Å². The summed E-state index contributed by atoms with van der Waals surface area (Å²) in [7, 11) is 1.66. The van der Waals surface area contributed by atoms with Crippen LogP contribution in [0.2, 0.25) is 0 Å². The van der Waals surface area contributed by atoms with Crippen LogP contribution in [0.1, 0.15) is 22.8 Å². The number of hydrogen-bond donors (Lipinski definition) is 3. The Bertz CT molecular complexity index is 513. The number of carbonyl (C=O) groups excluding carboxylic acids is 2. The molecule has 114 valence electrons. The number of aromatic carboxylic acids is 1. The van der Waals surface area contributed by atoms with Gasteiger partial charge in [-0.1, -0.05) is 12.1 Å². The summed E-state index contributed by atoms with van der Waals surface area (Å²) in [4.78, 5) is 35.2. The molecule has 7 nitrogen and oxygen atoms in total. The smallest absolute Gasteiger partial charge is 0.335 e. The quantitative estimate of drug-likeness (QED) is 0.717. The second kappa shape index (κ2) is 7.88. The number of urea groups is 1. The molecular formula is C14H19N3O4. The zero-order chi connectivity index (χ0) is 15.8. The fourth-order valence-corrected chi connectivity index (χ4v) is 1.48. The molecule has 0 aliphatic carbocycles. The predicted octanol–water partition coefficient (Wildman–Crippen LogP) is 0.662. The molecule has 1 aromatic rings. The Morgan fingerprint density at radius 2 is 1.76 bits per heavy atom. The number of nitrogens with one attached hydrogen (secondary N) is 2. The summed E-state index contributed by atoms with van der Waals surface area (Å²) in [5.41, 5.74) is 0.962. The molecule has 0 aromatic heterocycles. The van der Waals surface area contributed by atoms with Crippen molar-refractivity contribution in [2.24, 2.45) is 0 Å². The molecule has 3 amide bonds. The number of carboxylic acid groups (broad SMARTS) is 1. The van der Waals surface area contributed by atoms with Crippen molar-refractivity contribution in [3.8, 4) is 0 Å². The van der Waals surface area contributed by atoms with Crippen LogP contribution in [-0.4, -0.2) is 48.1 Å². The van der Waals surface area contributed by atoms with Crippen LogP contribution in [0.4, 0.5) is 4.79 Å². The van der Waals surface area contributed by atoms with Crippen LogP contribution in [0.3, 0.4) is 0 Å². The summed E-state index contributed by atoms with van der Waals surface area (Å²) < 4.78 is 0. The van der Waals surface area contributed by atoms with Crippen molar-refractivity contribution < 1.29 is 19.5 Å². The molecule has 0 heterocycles. The summed E-state index contributed by atoms with van der Waals surface area (Å²) in [6.45, 7) is 2.62. The highest BCUT2D eigenvalue weighted by atomic mass is 16.4. The summed E-state index contributed by atoms with van der Waals surface area (Å²) >= 11 is 0. The first-order valence-corrected chi connectivity index (χ1v) is 6.52. The molecule has 0 radical (unpaired) electrons. The Balaban J connectivity index is 2.36. The number of amides is 3. The van der Waals surface area contributed by atoms with Gasteiger partial charge in [0.2, 0.25) is 5.91 Å². The van der Waals surface area contributed by atoms with Crippen molar-refractivity contribution in [3.63, 3.8) is 0 Å². The van der Waals surface area contributed by atoms with E-state index in [0.29, 0.717) is 6.54 Å². The Kier molecular flexibility index (Phi) is 6.19. The lowest BCUT2D eigenvalue weighted by Gasteiger charge is -2.15. The monoisotopic (exact) mass is 293 g/mol. The molecule has 0 unspecified atom stereocenters. The molecule has 0 spiro atoms. The van der Waals surface area contributed by atoms with Gasteiger partial charge >= 0.3 is 12.0 Å². The van der Waals surface area contributed by atoms with E-state index in [4.69, 9.17) is 5.11 Å². The predicted molar refractivity (Wildman–Crippen MR) is 77.0 cm³/mol. The number of benzene rings is 1. The number of rotatable bonds is 6. The van der Waals surface area contributed by atoms with E-state index in [1.165, 1.54) is 17.0 Å². The van der Waals surface area contributed by atoms with Gasteiger partial charge in [0.1, 0.15) is 0 Å². The molecular weight excluding hydrogens is 274 g/mol. The van der Waals surface area contributed by atoms with Crippen LogP contribution < -0.4 is 10.6 Å². The summed E-state index contributed by atoms with van der Waals surface area (Å²) in [6.07, 6.45) is 0. The Labute approximate surface area is 122 Å². The molecule has 3 N–H and O–H groups in total. The number of likely N-dealkylation sites (N-methyl/N-ethyl adjacent to an activating group) is 1. The highest BCUT2D eigenvalue weighted by Crippen LogP contribution is 2.03. The Hall–Kier alpha value is -2.57. The maximum atomic E-state index is 11.5. The summed E-state index contributed by atoms with van der Waals surface area (Å²) in [5.74, 6) is -1.16. The standard InChI is InChI=1S/C14H19N3O4/c1-3-17(2)12(18)9-16-14(21)15-8-10-4-6-11(7-5-10)13(19)20/h4-7H,3,8-9H2,1-2H3,(H,19,20)(H2,15,16,21). The molecule has 0 atom stereocenters. The third-order valence-corrected chi connectivity index (χ3v) is 2.95. The number of carboxylic acids is 1. The second-order valence-electron chi connectivity index (χ2n) is 4.45. The largest absolute Gasteiger partial charge is 0.478 e. The number of hydrogen-bond acceptors (Lipinski definition) is 3. The molecule has 0 aliphatic heterocycles. The summed E-state index contributed by atoms with van der Waals surface area (Å²) in [5, 5.41) is 13.8. The van der Waals surface area contributed by atoms with Crippen molar-refractivity contribution >= 4 is 17.9 Å². The lowest BCUT2D eigenvalue weighted by Crippen LogP contribution is -2.42. The fraction of sp³-hybridized carbons (Fsp3) is 0.357. The van der Waals surface area contributed by atoms with Gasteiger partial charge in [0.05, 0.1) is 12.1 Å². The molecule has 0 fully saturated rings. The molecule has 0 bridgehead atoms. The molecule has 21 heavy (non-hydrogen) atoms. The van der Waals surface area contributed by atoms with Crippen LogP contribution in [0.15, 0.2) is 24.3 Å². The van der Waals surface area contributed by atoms with Crippen LogP contribution >= 0.6 is 0 Å². The van der Waals surface area contributed by atoms with Crippen LogP contribution in [0.25, 0.3) is 0 Å². The van der Waals surface area contributed by atoms with E-state index in [0.717, 1.165) is 5.56 Å². The zero-order valence-electron chi connectivity index (χ0n) is 12.0. The molecule has 0 saturated heterocycles. The van der Waals surface area contributed by atoms with Gasteiger partial charge in [-0.2, -0.15) is 0 Å². The third kappa shape index (κ3) is 5.52. The van der Waals surface area contributed by atoms with Crippen LogP contribution in [-0.2, 0) is 11.3 Å². The van der Waals surface area contributed by atoms with E-state index in [2.05, 4.69) is 10.6 Å². The second-order valence-corrected chi connectivity index (χ2v) is 4.45. The van der Waals surface area contributed by atoms with Gasteiger partial charge in [-0.05, 0) is 24.6 Å². The van der Waals surface area contributed by atoms with E-state index in [-0.39, 0.29) is 24.6 Å². The van der Waals surface area contributed by atoms with Crippen molar-refractivity contribution in [2.45, 2.75) is 13.5 Å². The van der Waals surface area contributed by atoms with Crippen LogP contribution in [0, 0.1) is 0 Å². The average Bonchev–Trinajstić information content (AvgIpc) is 2.49. The molecule has 0 saturated carbocycles. The van der Waals surface area contributed by atoms with Gasteiger partial charge in [0.15, 0.2) is 0 Å². The van der Waals surface area contributed by atoms with E-state index < -0.39 is 12.0 Å². The van der Waals surface area contributed by atoms with Gasteiger partial charge in [-0.25, -0.2) is 9.59 Å². The highest BCUT2D eigenvalue weighted by molar-refractivity contribution is 5.87. The first-order valence-electron chi connectivity index (χ1n) is 6.52. The molecule has 1 aromatic carbocycles. The first-order chi connectivity index (χ1) is 9.93. The van der Waals surface area contributed by atoms with E-state index >= 15 is 0 Å². The lowest BCUT2D eigenvalue weighted by molar-refractivity contribution is -0.128. The normalized spacial score (nSPS) is 9.81. The third-order valence-electron chi connectivity index (χ3n) is 2.95. The topological polar surface area (TPSA) is 98.7 Å². The van der Waals surface area contributed by atoms with Gasteiger partial charge in [0, 0.05) is 20.1 Å². The average molecular weight is 293 g/mol. The molecule has 7 heteroatoms. The Morgan fingerprint density at radius 3 is 2.29 bits per heavy atom. The number of nitrogens with zero attached hydrogens (tertiary/aromatic N) is 1. The van der Waals surface area contributed by atoms with Gasteiger partial charge in [-0.3, -0.25) is 4.79 Å².